The van der Waals surface area contributed by atoms with Gasteiger partial charge in [-0.2, -0.15) is 13.5 Å². The molecular weight excluding hydrogens is 422 g/mol. The van der Waals surface area contributed by atoms with Crippen molar-refractivity contribution in [3.8, 4) is 0 Å². The van der Waals surface area contributed by atoms with E-state index < -0.39 is 16.1 Å². The Bertz CT molecular complexity index is 1120. The molecule has 1 aromatic carbocycles. The summed E-state index contributed by atoms with van der Waals surface area (Å²) in [6, 6.07) is 7.85. The van der Waals surface area contributed by atoms with Crippen LogP contribution in [0.4, 0.5) is 0 Å². The van der Waals surface area contributed by atoms with E-state index in [1.165, 1.54) is 11.8 Å². The SMILES string of the molecule is CC(C)[C@H](NS(=O)(=O)c1cccc2nsnc12)C(=O)N[C@H](C)CCc1cccn1C. The number of fused-ring (bicyclic) bond motifs is 1. The van der Waals surface area contributed by atoms with E-state index in [9.17, 15) is 13.2 Å². The Morgan fingerprint density at radius 3 is 2.60 bits per heavy atom. The lowest BCUT2D eigenvalue weighted by atomic mass is 10.0. The first kappa shape index (κ1) is 22.4. The number of hydrogen-bond donors (Lipinski definition) is 2. The molecule has 0 bridgehead atoms. The monoisotopic (exact) mass is 449 g/mol. The summed E-state index contributed by atoms with van der Waals surface area (Å²) in [6.45, 7) is 5.55. The van der Waals surface area contributed by atoms with E-state index >= 15 is 0 Å². The molecule has 10 heteroatoms. The number of nitrogens with zero attached hydrogens (tertiary/aromatic N) is 3. The van der Waals surface area contributed by atoms with Crippen LogP contribution in [0.5, 0.6) is 0 Å². The lowest BCUT2D eigenvalue weighted by molar-refractivity contribution is -0.124. The normalized spacial score (nSPS) is 14.2. The molecule has 2 atom stereocenters. The first-order valence-electron chi connectivity index (χ1n) is 9.83. The van der Waals surface area contributed by atoms with Gasteiger partial charge in [0.15, 0.2) is 0 Å². The number of benzene rings is 1. The topological polar surface area (TPSA) is 106 Å². The summed E-state index contributed by atoms with van der Waals surface area (Å²) >= 11 is 0.955. The fraction of sp³-hybridized carbons (Fsp3) is 0.450. The summed E-state index contributed by atoms with van der Waals surface area (Å²) in [5.74, 6) is -0.566. The van der Waals surface area contributed by atoms with Crippen LogP contribution < -0.4 is 10.0 Å². The first-order valence-corrected chi connectivity index (χ1v) is 12.0. The van der Waals surface area contributed by atoms with Crippen molar-refractivity contribution in [2.45, 2.75) is 50.6 Å². The van der Waals surface area contributed by atoms with Crippen LogP contribution in [0.25, 0.3) is 11.0 Å². The van der Waals surface area contributed by atoms with Crippen molar-refractivity contribution in [1.29, 1.82) is 0 Å². The molecule has 3 rings (SSSR count). The van der Waals surface area contributed by atoms with Gasteiger partial charge in [-0.15, -0.1) is 0 Å². The standard InChI is InChI=1S/C20H27N5O3S2/c1-13(2)18(20(26)21-14(3)10-11-15-7-6-12-25(15)4)24-30(27,28)17-9-5-8-16-19(17)23-29-22-16/h5-9,12-14,18,24H,10-11H2,1-4H3,(H,21,26)/t14-,18+/m1/s1. The Kier molecular flexibility index (Phi) is 6.89. The summed E-state index contributed by atoms with van der Waals surface area (Å²) in [4.78, 5) is 12.9. The number of carbonyl (C=O) groups is 1. The molecule has 30 heavy (non-hydrogen) atoms. The maximum atomic E-state index is 13.0. The van der Waals surface area contributed by atoms with Crippen LogP contribution in [0, 0.1) is 5.92 Å². The predicted molar refractivity (Wildman–Crippen MR) is 118 cm³/mol. The number of amides is 1. The van der Waals surface area contributed by atoms with E-state index in [0.29, 0.717) is 11.0 Å². The minimum absolute atomic E-state index is 0.0314. The highest BCUT2D eigenvalue weighted by Gasteiger charge is 2.30. The number of aryl methyl sites for hydroxylation is 2. The minimum Gasteiger partial charge on any atom is -0.354 e. The number of nitrogens with one attached hydrogen (secondary N) is 2. The summed E-state index contributed by atoms with van der Waals surface area (Å²) in [6.07, 6.45) is 3.56. The van der Waals surface area contributed by atoms with E-state index in [4.69, 9.17) is 0 Å². The first-order chi connectivity index (χ1) is 14.2. The zero-order valence-corrected chi connectivity index (χ0v) is 19.1. The molecule has 0 aliphatic carbocycles. The van der Waals surface area contributed by atoms with Gasteiger partial charge in [-0.05, 0) is 49.9 Å². The maximum Gasteiger partial charge on any atom is 0.243 e. The second-order valence-corrected chi connectivity index (χ2v) is 10.0. The molecule has 0 saturated heterocycles. The molecular formula is C20H27N5O3S2. The van der Waals surface area contributed by atoms with Crippen LogP contribution in [0.1, 0.15) is 32.9 Å². The zero-order valence-electron chi connectivity index (χ0n) is 17.5. The molecule has 162 valence electrons. The van der Waals surface area contributed by atoms with E-state index in [2.05, 4.69) is 18.8 Å². The van der Waals surface area contributed by atoms with Gasteiger partial charge in [-0.25, -0.2) is 8.42 Å². The van der Waals surface area contributed by atoms with Crippen molar-refractivity contribution < 1.29 is 13.2 Å². The molecule has 2 aromatic heterocycles. The highest BCUT2D eigenvalue weighted by Crippen LogP contribution is 2.22. The molecule has 3 aromatic rings. The average molecular weight is 450 g/mol. The van der Waals surface area contributed by atoms with Crippen molar-refractivity contribution in [2.75, 3.05) is 0 Å². The Morgan fingerprint density at radius 1 is 1.17 bits per heavy atom. The summed E-state index contributed by atoms with van der Waals surface area (Å²) in [5.41, 5.74) is 2.01. The fourth-order valence-electron chi connectivity index (χ4n) is 3.25. The lowest BCUT2D eigenvalue weighted by Gasteiger charge is -2.24. The molecule has 0 aliphatic heterocycles. The highest BCUT2D eigenvalue weighted by atomic mass is 32.2. The molecule has 0 aliphatic rings. The average Bonchev–Trinajstić information content (AvgIpc) is 3.32. The second-order valence-electron chi connectivity index (χ2n) is 7.79. The van der Waals surface area contributed by atoms with Gasteiger partial charge < -0.3 is 9.88 Å². The van der Waals surface area contributed by atoms with Crippen molar-refractivity contribution >= 4 is 38.7 Å². The third-order valence-electron chi connectivity index (χ3n) is 5.04. The van der Waals surface area contributed by atoms with Gasteiger partial charge in [0.2, 0.25) is 15.9 Å². The Balaban J connectivity index is 1.69. The van der Waals surface area contributed by atoms with Gasteiger partial charge in [-0.1, -0.05) is 19.9 Å². The van der Waals surface area contributed by atoms with Gasteiger partial charge in [0.1, 0.15) is 22.0 Å². The van der Waals surface area contributed by atoms with Gasteiger partial charge >= 0.3 is 0 Å². The number of carbonyl (C=O) groups excluding carboxylic acids is 1. The quantitative estimate of drug-likeness (QED) is 0.522. The molecule has 2 heterocycles. The van der Waals surface area contributed by atoms with Gasteiger partial charge in [0.05, 0.1) is 11.7 Å². The predicted octanol–water partition coefficient (Wildman–Crippen LogP) is 2.47. The van der Waals surface area contributed by atoms with Gasteiger partial charge in [-0.3, -0.25) is 4.79 Å². The van der Waals surface area contributed by atoms with E-state index in [1.54, 1.807) is 12.1 Å². The Morgan fingerprint density at radius 2 is 1.93 bits per heavy atom. The number of rotatable bonds is 9. The van der Waals surface area contributed by atoms with E-state index in [-0.39, 0.29) is 22.8 Å². The van der Waals surface area contributed by atoms with Crippen LogP contribution >= 0.6 is 11.7 Å². The van der Waals surface area contributed by atoms with Gasteiger partial charge in [0.25, 0.3) is 0 Å². The van der Waals surface area contributed by atoms with Crippen molar-refractivity contribution in [3.05, 3.63) is 42.2 Å². The number of hydrogen-bond acceptors (Lipinski definition) is 6. The largest absolute Gasteiger partial charge is 0.354 e. The molecule has 2 N–H and O–H groups in total. The number of sulfonamides is 1. The van der Waals surface area contributed by atoms with Crippen LogP contribution in [0.2, 0.25) is 0 Å². The Labute approximate surface area is 181 Å². The molecule has 0 radical (unpaired) electrons. The van der Waals surface area contributed by atoms with Crippen LogP contribution in [-0.4, -0.2) is 39.7 Å². The second kappa shape index (κ2) is 9.23. The third kappa shape index (κ3) is 5.05. The molecule has 1 amide bonds. The maximum absolute atomic E-state index is 13.0. The summed E-state index contributed by atoms with van der Waals surface area (Å²) in [5, 5.41) is 2.95. The Hall–Kier alpha value is -2.30. The molecule has 0 saturated carbocycles. The third-order valence-corrected chi connectivity index (χ3v) is 7.06. The van der Waals surface area contributed by atoms with Crippen molar-refractivity contribution in [3.63, 3.8) is 0 Å². The van der Waals surface area contributed by atoms with Crippen LogP contribution in [0.3, 0.4) is 0 Å². The smallest absolute Gasteiger partial charge is 0.243 e. The molecule has 0 fully saturated rings. The molecule has 8 nitrogen and oxygen atoms in total. The minimum atomic E-state index is -3.95. The molecule has 0 spiro atoms. The van der Waals surface area contributed by atoms with Crippen molar-refractivity contribution in [2.24, 2.45) is 13.0 Å². The zero-order chi connectivity index (χ0) is 21.9. The van der Waals surface area contributed by atoms with E-state index in [1.807, 2.05) is 50.7 Å². The van der Waals surface area contributed by atoms with Crippen LogP contribution in [0.15, 0.2) is 41.4 Å². The van der Waals surface area contributed by atoms with Gasteiger partial charge in [0, 0.05) is 25.0 Å². The summed E-state index contributed by atoms with van der Waals surface area (Å²) < 4.78 is 38.8. The van der Waals surface area contributed by atoms with E-state index in [0.717, 1.165) is 24.6 Å². The molecule has 0 unspecified atom stereocenters. The van der Waals surface area contributed by atoms with Crippen LogP contribution in [-0.2, 0) is 28.3 Å². The highest BCUT2D eigenvalue weighted by molar-refractivity contribution is 7.89. The van der Waals surface area contributed by atoms with Crippen molar-refractivity contribution in [1.82, 2.24) is 23.4 Å². The fourth-order valence-corrected chi connectivity index (χ4v) is 5.36. The lowest BCUT2D eigenvalue weighted by Crippen LogP contribution is -2.51. The number of aromatic nitrogens is 3. The summed E-state index contributed by atoms with van der Waals surface area (Å²) in [7, 11) is -1.96.